The molecule has 1 amide bonds. The van der Waals surface area contributed by atoms with E-state index in [4.69, 9.17) is 4.74 Å². The Morgan fingerprint density at radius 2 is 1.97 bits per heavy atom. The van der Waals surface area contributed by atoms with Gasteiger partial charge in [0.05, 0.1) is 24.1 Å². The molecule has 29 heavy (non-hydrogen) atoms. The number of carbonyl (C=O) groups is 2. The molecule has 1 N–H and O–H groups in total. The highest BCUT2D eigenvalue weighted by Crippen LogP contribution is 2.20. The number of likely N-dealkylation sites (tertiary alicyclic amines) is 1. The van der Waals surface area contributed by atoms with E-state index in [2.05, 4.69) is 10.2 Å². The number of nitrogens with one attached hydrogen (secondary N) is 1. The maximum absolute atomic E-state index is 13.0. The Labute approximate surface area is 167 Å². The number of nitrogens with zero attached hydrogens (tertiary/aromatic N) is 2. The third kappa shape index (κ3) is 4.62. The molecule has 7 heteroatoms. The summed E-state index contributed by atoms with van der Waals surface area (Å²) in [5, 5.41) is 7.88. The molecule has 0 radical (unpaired) electrons. The summed E-state index contributed by atoms with van der Waals surface area (Å²) in [7, 11) is 0. The van der Waals surface area contributed by atoms with Crippen LogP contribution >= 0.6 is 0 Å². The molecule has 1 fully saturated rings. The van der Waals surface area contributed by atoms with Crippen LogP contribution in [0.5, 0.6) is 0 Å². The molecule has 0 bridgehead atoms. The number of esters is 1. The van der Waals surface area contributed by atoms with Crippen LogP contribution in [-0.2, 0) is 27.4 Å². The van der Waals surface area contributed by atoms with Crippen molar-refractivity contribution in [3.63, 3.8) is 0 Å². The number of amides is 1. The second-order valence-corrected chi connectivity index (χ2v) is 7.38. The molecule has 1 aliphatic heterocycles. The molecule has 3 aromatic rings. The molecule has 150 valence electrons. The van der Waals surface area contributed by atoms with Crippen LogP contribution in [-0.4, -0.2) is 40.1 Å². The van der Waals surface area contributed by atoms with Gasteiger partial charge in [-0.1, -0.05) is 24.3 Å². The summed E-state index contributed by atoms with van der Waals surface area (Å²) in [6, 6.07) is 11.7. The van der Waals surface area contributed by atoms with Crippen molar-refractivity contribution in [3.8, 4) is 0 Å². The first-order valence-corrected chi connectivity index (χ1v) is 9.69. The SMILES string of the molecule is O=C(OCc1ccc2cn[nH]c2c1)[C@@H]1CCCN(C(=O)Cc2ccc(F)cc2)C1. The van der Waals surface area contributed by atoms with Crippen molar-refractivity contribution >= 4 is 22.8 Å². The fraction of sp³-hybridized carbons (Fsp3) is 0.318. The van der Waals surface area contributed by atoms with E-state index in [0.29, 0.717) is 19.5 Å². The van der Waals surface area contributed by atoms with E-state index in [1.54, 1.807) is 23.2 Å². The number of piperidine rings is 1. The predicted molar refractivity (Wildman–Crippen MR) is 105 cm³/mol. The van der Waals surface area contributed by atoms with E-state index in [1.807, 2.05) is 18.2 Å². The van der Waals surface area contributed by atoms with Gasteiger partial charge in [0.25, 0.3) is 0 Å². The number of ether oxygens (including phenoxy) is 1. The Hall–Kier alpha value is -3.22. The average Bonchev–Trinajstić information content (AvgIpc) is 3.21. The largest absolute Gasteiger partial charge is 0.461 e. The smallest absolute Gasteiger partial charge is 0.311 e. The molecule has 2 aromatic carbocycles. The van der Waals surface area contributed by atoms with E-state index >= 15 is 0 Å². The summed E-state index contributed by atoms with van der Waals surface area (Å²) in [6.07, 6.45) is 3.41. The fourth-order valence-electron chi connectivity index (χ4n) is 3.63. The number of fused-ring (bicyclic) bond motifs is 1. The molecular formula is C22H22FN3O3. The van der Waals surface area contributed by atoms with Crippen LogP contribution in [0, 0.1) is 11.7 Å². The number of H-pyrrole nitrogens is 1. The first-order valence-electron chi connectivity index (χ1n) is 9.69. The lowest BCUT2D eigenvalue weighted by atomic mass is 9.97. The summed E-state index contributed by atoms with van der Waals surface area (Å²) >= 11 is 0. The van der Waals surface area contributed by atoms with Crippen molar-refractivity contribution in [3.05, 3.63) is 65.6 Å². The van der Waals surface area contributed by atoms with E-state index in [1.165, 1.54) is 12.1 Å². The standard InChI is InChI=1S/C22H22FN3O3/c23-19-7-4-15(5-8-19)11-21(27)26-9-1-2-18(13-26)22(28)29-14-16-3-6-17-12-24-25-20(17)10-16/h3-8,10,12,18H,1-2,9,11,13-14H2,(H,24,25)/t18-/m1/s1. The summed E-state index contributed by atoms with van der Waals surface area (Å²) in [5.74, 6) is -0.988. The molecule has 4 rings (SSSR count). The van der Waals surface area contributed by atoms with Crippen LogP contribution in [0.1, 0.15) is 24.0 Å². The van der Waals surface area contributed by atoms with Gasteiger partial charge in [-0.3, -0.25) is 14.7 Å². The number of carbonyl (C=O) groups excluding carboxylic acids is 2. The number of hydrogen-bond acceptors (Lipinski definition) is 4. The van der Waals surface area contributed by atoms with Gasteiger partial charge in [0.2, 0.25) is 5.91 Å². The zero-order chi connectivity index (χ0) is 20.2. The lowest BCUT2D eigenvalue weighted by Gasteiger charge is -2.31. The zero-order valence-corrected chi connectivity index (χ0v) is 15.9. The number of hydrogen-bond donors (Lipinski definition) is 1. The van der Waals surface area contributed by atoms with Crippen LogP contribution in [0.25, 0.3) is 10.9 Å². The second kappa shape index (κ2) is 8.43. The van der Waals surface area contributed by atoms with Gasteiger partial charge in [0.1, 0.15) is 12.4 Å². The molecule has 2 heterocycles. The second-order valence-electron chi connectivity index (χ2n) is 7.38. The Morgan fingerprint density at radius 1 is 1.17 bits per heavy atom. The Kier molecular flexibility index (Phi) is 5.55. The number of rotatable bonds is 5. The lowest BCUT2D eigenvalue weighted by Crippen LogP contribution is -2.43. The van der Waals surface area contributed by atoms with Gasteiger partial charge in [0.15, 0.2) is 0 Å². The van der Waals surface area contributed by atoms with Gasteiger partial charge in [-0.05, 0) is 42.2 Å². The van der Waals surface area contributed by atoms with Crippen molar-refractivity contribution < 1.29 is 18.7 Å². The van der Waals surface area contributed by atoms with Crippen molar-refractivity contribution in [2.24, 2.45) is 5.92 Å². The summed E-state index contributed by atoms with van der Waals surface area (Å²) < 4.78 is 18.5. The summed E-state index contributed by atoms with van der Waals surface area (Å²) in [6.45, 7) is 1.17. The molecular weight excluding hydrogens is 373 g/mol. The van der Waals surface area contributed by atoms with Gasteiger partial charge < -0.3 is 9.64 Å². The first-order chi connectivity index (χ1) is 14.1. The molecule has 1 saturated heterocycles. The van der Waals surface area contributed by atoms with E-state index < -0.39 is 0 Å². The normalized spacial score (nSPS) is 16.7. The monoisotopic (exact) mass is 395 g/mol. The highest BCUT2D eigenvalue weighted by molar-refractivity contribution is 5.81. The van der Waals surface area contributed by atoms with Gasteiger partial charge in [-0.2, -0.15) is 5.10 Å². The minimum Gasteiger partial charge on any atom is -0.461 e. The van der Waals surface area contributed by atoms with Crippen LogP contribution < -0.4 is 0 Å². The number of benzene rings is 2. The molecule has 1 aliphatic rings. The van der Waals surface area contributed by atoms with Crippen LogP contribution in [0.15, 0.2) is 48.7 Å². The quantitative estimate of drug-likeness (QED) is 0.673. The number of aromatic amines is 1. The maximum Gasteiger partial charge on any atom is 0.311 e. The van der Waals surface area contributed by atoms with E-state index in [-0.39, 0.29) is 36.6 Å². The highest BCUT2D eigenvalue weighted by Gasteiger charge is 2.29. The molecule has 0 spiro atoms. The summed E-state index contributed by atoms with van der Waals surface area (Å²) in [5.41, 5.74) is 2.54. The van der Waals surface area contributed by atoms with Crippen LogP contribution in [0.2, 0.25) is 0 Å². The van der Waals surface area contributed by atoms with Crippen LogP contribution in [0.3, 0.4) is 0 Å². The maximum atomic E-state index is 13.0. The number of halogens is 1. The minimum absolute atomic E-state index is 0.0567. The van der Waals surface area contributed by atoms with Crippen molar-refractivity contribution in [1.29, 1.82) is 0 Å². The zero-order valence-electron chi connectivity index (χ0n) is 15.9. The molecule has 1 aromatic heterocycles. The highest BCUT2D eigenvalue weighted by atomic mass is 19.1. The van der Waals surface area contributed by atoms with Gasteiger partial charge >= 0.3 is 5.97 Å². The average molecular weight is 395 g/mol. The molecule has 0 aliphatic carbocycles. The topological polar surface area (TPSA) is 75.3 Å². The lowest BCUT2D eigenvalue weighted by molar-refractivity contribution is -0.153. The third-order valence-corrected chi connectivity index (χ3v) is 5.26. The predicted octanol–water partition coefficient (Wildman–Crippen LogP) is 3.23. The molecule has 6 nitrogen and oxygen atoms in total. The summed E-state index contributed by atoms with van der Waals surface area (Å²) in [4.78, 5) is 26.8. The Morgan fingerprint density at radius 3 is 2.79 bits per heavy atom. The number of aromatic nitrogens is 2. The minimum atomic E-state index is -0.325. The molecule has 1 atom stereocenters. The molecule has 0 saturated carbocycles. The van der Waals surface area contributed by atoms with Crippen LogP contribution in [0.4, 0.5) is 4.39 Å². The first kappa shape index (κ1) is 19.1. The fourth-order valence-corrected chi connectivity index (χ4v) is 3.63. The van der Waals surface area contributed by atoms with Gasteiger partial charge in [-0.25, -0.2) is 4.39 Å². The van der Waals surface area contributed by atoms with Gasteiger partial charge in [-0.15, -0.1) is 0 Å². The molecule has 0 unspecified atom stereocenters. The third-order valence-electron chi connectivity index (χ3n) is 5.26. The Bertz CT molecular complexity index is 1020. The van der Waals surface area contributed by atoms with E-state index in [9.17, 15) is 14.0 Å². The van der Waals surface area contributed by atoms with Crippen molar-refractivity contribution in [2.45, 2.75) is 25.9 Å². The van der Waals surface area contributed by atoms with E-state index in [0.717, 1.165) is 28.5 Å². The van der Waals surface area contributed by atoms with Crippen molar-refractivity contribution in [1.82, 2.24) is 15.1 Å². The Balaban J connectivity index is 1.31. The van der Waals surface area contributed by atoms with Crippen molar-refractivity contribution in [2.75, 3.05) is 13.1 Å². The van der Waals surface area contributed by atoms with Gasteiger partial charge in [0, 0.05) is 18.5 Å².